The van der Waals surface area contributed by atoms with Gasteiger partial charge in [-0.25, -0.2) is 9.97 Å². The minimum Gasteiger partial charge on any atom is -0.331 e. The van der Waals surface area contributed by atoms with E-state index in [1.165, 1.54) is 5.56 Å². The zero-order valence-electron chi connectivity index (χ0n) is 12.3. The summed E-state index contributed by atoms with van der Waals surface area (Å²) in [6.07, 6.45) is 4.11. The van der Waals surface area contributed by atoms with Crippen molar-refractivity contribution in [2.24, 2.45) is 7.05 Å². The normalized spacial score (nSPS) is 11.6. The summed E-state index contributed by atoms with van der Waals surface area (Å²) >= 11 is 0. The number of nitrogens with zero attached hydrogens (tertiary/aromatic N) is 4. The number of imidazole rings is 2. The molecule has 0 bridgehead atoms. The lowest BCUT2D eigenvalue weighted by atomic mass is 10.1. The van der Waals surface area contributed by atoms with Gasteiger partial charge in [-0.05, 0) is 43.7 Å². The van der Waals surface area contributed by atoms with Gasteiger partial charge >= 0.3 is 0 Å². The van der Waals surface area contributed by atoms with Crippen molar-refractivity contribution in [3.05, 3.63) is 54.1 Å². The van der Waals surface area contributed by atoms with Crippen molar-refractivity contribution in [3.8, 4) is 11.3 Å². The number of aryl methyl sites for hydroxylation is 3. The fourth-order valence-electron chi connectivity index (χ4n) is 2.70. The Morgan fingerprint density at radius 2 is 1.86 bits per heavy atom. The first-order valence-corrected chi connectivity index (χ1v) is 7.00. The van der Waals surface area contributed by atoms with Gasteiger partial charge in [0, 0.05) is 25.0 Å². The standard InChI is InChI=1S/C17H16N4/c1-11-6-7-21-10-15(19-17(21)8-11)13-4-5-16-14(9-13)18-12(2)20(16)3/h4-10H,1-3H3. The number of rotatable bonds is 1. The maximum Gasteiger partial charge on any atom is 0.137 e. The molecule has 3 aromatic heterocycles. The summed E-state index contributed by atoms with van der Waals surface area (Å²) in [4.78, 5) is 9.30. The molecule has 0 atom stereocenters. The van der Waals surface area contributed by atoms with Gasteiger partial charge in [-0.1, -0.05) is 6.07 Å². The van der Waals surface area contributed by atoms with Crippen LogP contribution in [0.1, 0.15) is 11.4 Å². The highest BCUT2D eigenvalue weighted by atomic mass is 15.0. The van der Waals surface area contributed by atoms with Crippen molar-refractivity contribution in [3.63, 3.8) is 0 Å². The Labute approximate surface area is 122 Å². The van der Waals surface area contributed by atoms with Crippen LogP contribution in [-0.2, 0) is 7.05 Å². The lowest BCUT2D eigenvalue weighted by molar-refractivity contribution is 0.886. The van der Waals surface area contributed by atoms with Crippen LogP contribution in [-0.4, -0.2) is 18.9 Å². The average molecular weight is 276 g/mol. The van der Waals surface area contributed by atoms with Crippen LogP contribution >= 0.6 is 0 Å². The molecule has 0 amide bonds. The topological polar surface area (TPSA) is 35.1 Å². The zero-order valence-corrected chi connectivity index (χ0v) is 12.3. The molecule has 0 aliphatic heterocycles. The van der Waals surface area contributed by atoms with Gasteiger partial charge < -0.3 is 8.97 Å². The first-order valence-electron chi connectivity index (χ1n) is 7.00. The van der Waals surface area contributed by atoms with E-state index in [-0.39, 0.29) is 0 Å². The van der Waals surface area contributed by atoms with Crippen LogP contribution in [0.3, 0.4) is 0 Å². The molecule has 21 heavy (non-hydrogen) atoms. The van der Waals surface area contributed by atoms with Crippen molar-refractivity contribution < 1.29 is 0 Å². The molecule has 4 nitrogen and oxygen atoms in total. The quantitative estimate of drug-likeness (QED) is 0.533. The van der Waals surface area contributed by atoms with Crippen LogP contribution in [0.25, 0.3) is 27.9 Å². The van der Waals surface area contributed by atoms with E-state index in [1.54, 1.807) is 0 Å². The molecule has 0 unspecified atom stereocenters. The molecule has 0 aliphatic carbocycles. The van der Waals surface area contributed by atoms with Gasteiger partial charge in [0.05, 0.1) is 16.7 Å². The Balaban J connectivity index is 1.91. The molecule has 3 heterocycles. The van der Waals surface area contributed by atoms with E-state index in [4.69, 9.17) is 4.98 Å². The zero-order chi connectivity index (χ0) is 14.6. The van der Waals surface area contributed by atoms with E-state index in [0.717, 1.165) is 33.8 Å². The smallest absolute Gasteiger partial charge is 0.137 e. The third-order valence-corrected chi connectivity index (χ3v) is 4.02. The van der Waals surface area contributed by atoms with E-state index in [9.17, 15) is 0 Å². The van der Waals surface area contributed by atoms with E-state index in [0.29, 0.717) is 0 Å². The number of pyridine rings is 1. The SMILES string of the molecule is Cc1ccn2cc(-c3ccc4c(c3)nc(C)n4C)nc2c1. The van der Waals surface area contributed by atoms with Crippen LogP contribution in [0.5, 0.6) is 0 Å². The number of hydrogen-bond donors (Lipinski definition) is 0. The van der Waals surface area contributed by atoms with Gasteiger partial charge in [-0.3, -0.25) is 0 Å². The summed E-state index contributed by atoms with van der Waals surface area (Å²) in [6, 6.07) is 10.5. The minimum absolute atomic E-state index is 0.974. The van der Waals surface area contributed by atoms with Crippen molar-refractivity contribution in [1.82, 2.24) is 18.9 Å². The second kappa shape index (κ2) is 4.19. The second-order valence-electron chi connectivity index (χ2n) is 5.52. The van der Waals surface area contributed by atoms with E-state index in [2.05, 4.69) is 57.4 Å². The Bertz CT molecular complexity index is 975. The largest absolute Gasteiger partial charge is 0.331 e. The van der Waals surface area contributed by atoms with Gasteiger partial charge in [-0.15, -0.1) is 0 Å². The fourth-order valence-corrected chi connectivity index (χ4v) is 2.70. The maximum atomic E-state index is 4.71. The summed E-state index contributed by atoms with van der Waals surface area (Å²) in [5.41, 5.74) is 6.43. The van der Waals surface area contributed by atoms with Crippen LogP contribution in [0.4, 0.5) is 0 Å². The Hall–Kier alpha value is -2.62. The molecular formula is C17H16N4. The molecule has 0 saturated heterocycles. The predicted octanol–water partition coefficient (Wildman–Crippen LogP) is 3.50. The van der Waals surface area contributed by atoms with Crippen LogP contribution in [0, 0.1) is 13.8 Å². The summed E-state index contributed by atoms with van der Waals surface area (Å²) in [5, 5.41) is 0. The Kier molecular flexibility index (Phi) is 2.42. The maximum absolute atomic E-state index is 4.71. The highest BCUT2D eigenvalue weighted by molar-refractivity contribution is 5.82. The molecule has 0 saturated carbocycles. The lowest BCUT2D eigenvalue weighted by Crippen LogP contribution is -1.89. The lowest BCUT2D eigenvalue weighted by Gasteiger charge is -1.98. The first-order chi connectivity index (χ1) is 10.1. The number of benzene rings is 1. The highest BCUT2D eigenvalue weighted by Gasteiger charge is 2.08. The summed E-state index contributed by atoms with van der Waals surface area (Å²) in [7, 11) is 2.04. The molecule has 0 spiro atoms. The average Bonchev–Trinajstić information content (AvgIpc) is 3.00. The van der Waals surface area contributed by atoms with Gasteiger partial charge in [0.25, 0.3) is 0 Å². The van der Waals surface area contributed by atoms with E-state index >= 15 is 0 Å². The van der Waals surface area contributed by atoms with Crippen molar-refractivity contribution in [1.29, 1.82) is 0 Å². The third kappa shape index (κ3) is 1.83. The highest BCUT2D eigenvalue weighted by Crippen LogP contribution is 2.24. The molecule has 4 rings (SSSR count). The van der Waals surface area contributed by atoms with Crippen molar-refractivity contribution in [2.45, 2.75) is 13.8 Å². The summed E-state index contributed by atoms with van der Waals surface area (Å²) in [6.45, 7) is 4.10. The molecule has 104 valence electrons. The van der Waals surface area contributed by atoms with Crippen LogP contribution < -0.4 is 0 Å². The first kappa shape index (κ1) is 12.1. The molecular weight excluding hydrogens is 260 g/mol. The predicted molar refractivity (Wildman–Crippen MR) is 84.4 cm³/mol. The molecule has 1 aromatic carbocycles. The second-order valence-corrected chi connectivity index (χ2v) is 5.52. The third-order valence-electron chi connectivity index (χ3n) is 4.02. The fraction of sp³-hybridized carbons (Fsp3) is 0.176. The minimum atomic E-state index is 0.974. The molecule has 0 N–H and O–H groups in total. The number of aromatic nitrogens is 4. The summed E-state index contributed by atoms with van der Waals surface area (Å²) in [5.74, 6) is 1.02. The van der Waals surface area contributed by atoms with E-state index in [1.807, 2.05) is 20.2 Å². The van der Waals surface area contributed by atoms with Gasteiger partial charge in [0.15, 0.2) is 0 Å². The van der Waals surface area contributed by atoms with Crippen molar-refractivity contribution >= 4 is 16.7 Å². The van der Waals surface area contributed by atoms with E-state index < -0.39 is 0 Å². The van der Waals surface area contributed by atoms with Crippen LogP contribution in [0.2, 0.25) is 0 Å². The van der Waals surface area contributed by atoms with Gasteiger partial charge in [-0.2, -0.15) is 0 Å². The monoisotopic (exact) mass is 276 g/mol. The van der Waals surface area contributed by atoms with Crippen LogP contribution in [0.15, 0.2) is 42.7 Å². The molecule has 4 heteroatoms. The molecule has 0 radical (unpaired) electrons. The number of hydrogen-bond acceptors (Lipinski definition) is 2. The Morgan fingerprint density at radius 1 is 1.00 bits per heavy atom. The van der Waals surface area contributed by atoms with Gasteiger partial charge in [0.2, 0.25) is 0 Å². The molecule has 0 aliphatic rings. The number of fused-ring (bicyclic) bond motifs is 2. The summed E-state index contributed by atoms with van der Waals surface area (Å²) < 4.78 is 4.16. The van der Waals surface area contributed by atoms with Gasteiger partial charge in [0.1, 0.15) is 11.5 Å². The molecule has 0 fully saturated rings. The Morgan fingerprint density at radius 3 is 2.71 bits per heavy atom. The van der Waals surface area contributed by atoms with Crippen molar-refractivity contribution in [2.75, 3.05) is 0 Å². The molecule has 4 aromatic rings.